The molecule has 3 aromatic rings. The lowest BCUT2D eigenvalue weighted by Gasteiger charge is -2.09. The number of nitrogens with zero attached hydrogens (tertiary/aromatic N) is 2. The van der Waals surface area contributed by atoms with Crippen LogP contribution in [0, 0.1) is 10.5 Å². The first-order valence-electron chi connectivity index (χ1n) is 7.91. The molecule has 0 radical (unpaired) electrons. The van der Waals surface area contributed by atoms with Crippen LogP contribution in [0.5, 0.6) is 0 Å². The van der Waals surface area contributed by atoms with Crippen LogP contribution in [0.2, 0.25) is 0 Å². The van der Waals surface area contributed by atoms with E-state index in [1.807, 2.05) is 11.3 Å². The van der Waals surface area contributed by atoms with E-state index in [0.717, 1.165) is 24.3 Å². The summed E-state index contributed by atoms with van der Waals surface area (Å²) in [6.07, 6.45) is 3.53. The Labute approximate surface area is 153 Å². The summed E-state index contributed by atoms with van der Waals surface area (Å²) in [5.74, 6) is 1.17. The molecule has 0 atom stereocenters. The Morgan fingerprint density at radius 2 is 1.96 bits per heavy atom. The number of rotatable bonds is 2. The van der Waals surface area contributed by atoms with Crippen molar-refractivity contribution in [1.29, 1.82) is 0 Å². The number of benzene rings is 1. The summed E-state index contributed by atoms with van der Waals surface area (Å²) in [6, 6.07) is 12.9. The number of aryl methyl sites for hydroxylation is 1. The highest BCUT2D eigenvalue weighted by molar-refractivity contribution is 14.1. The lowest BCUT2D eigenvalue weighted by molar-refractivity contribution is 0.780. The monoisotopic (exact) mass is 435 g/mol. The topological polar surface area (TPSA) is 29.9 Å². The van der Waals surface area contributed by atoms with E-state index in [-0.39, 0.29) is 0 Å². The second kappa shape index (κ2) is 6.28. The fraction of sp³-hybridized carbons (Fsp3) is 0.278. The molecule has 3 nitrogen and oxygen atoms in total. The summed E-state index contributed by atoms with van der Waals surface area (Å²) in [5.41, 5.74) is 3.63. The van der Waals surface area contributed by atoms with Gasteiger partial charge in [-0.3, -0.25) is 0 Å². The van der Waals surface area contributed by atoms with E-state index >= 15 is 0 Å². The smallest absolute Gasteiger partial charge is 0.133 e. The van der Waals surface area contributed by atoms with Crippen LogP contribution >= 0.6 is 33.9 Å². The lowest BCUT2D eigenvalue weighted by atomic mass is 10.1. The van der Waals surface area contributed by atoms with Crippen molar-refractivity contribution in [2.24, 2.45) is 0 Å². The van der Waals surface area contributed by atoms with Crippen LogP contribution in [-0.4, -0.2) is 16.3 Å². The Bertz CT molecular complexity index is 833. The quantitative estimate of drug-likeness (QED) is 0.557. The van der Waals surface area contributed by atoms with Crippen molar-refractivity contribution in [1.82, 2.24) is 9.78 Å². The van der Waals surface area contributed by atoms with Gasteiger partial charge in [-0.25, -0.2) is 4.68 Å². The summed E-state index contributed by atoms with van der Waals surface area (Å²) >= 11 is 4.17. The first kappa shape index (κ1) is 15.2. The average Bonchev–Trinajstić information content (AvgIpc) is 3.04. The molecule has 0 unspecified atom stereocenters. The molecule has 0 amide bonds. The molecule has 0 fully saturated rings. The predicted molar refractivity (Wildman–Crippen MR) is 106 cm³/mol. The molecule has 0 saturated heterocycles. The normalized spacial score (nSPS) is 14.2. The van der Waals surface area contributed by atoms with Gasteiger partial charge in [-0.05, 0) is 85.2 Å². The van der Waals surface area contributed by atoms with Crippen LogP contribution in [0.3, 0.4) is 0 Å². The van der Waals surface area contributed by atoms with Crippen LogP contribution in [0.4, 0.5) is 5.82 Å². The summed E-state index contributed by atoms with van der Waals surface area (Å²) in [5, 5.41) is 8.59. The number of halogens is 1. The van der Waals surface area contributed by atoms with Crippen LogP contribution in [0.1, 0.15) is 23.3 Å². The molecule has 23 heavy (non-hydrogen) atoms. The minimum Gasteiger partial charge on any atom is -0.370 e. The molecule has 0 bridgehead atoms. The standard InChI is InChI=1S/C18H18IN3S/c1-12-5-10-16(23-12)17-15-4-2-3-11-20-18(15)22(21-17)14-8-6-13(19)7-9-14/h5-10,20H,2-4,11H2,1H3. The average molecular weight is 435 g/mol. The molecule has 1 aliphatic rings. The van der Waals surface area contributed by atoms with Crippen LogP contribution < -0.4 is 5.32 Å². The Hall–Kier alpha value is -1.34. The molecule has 5 heteroatoms. The lowest BCUT2D eigenvalue weighted by Crippen LogP contribution is -2.07. The Morgan fingerprint density at radius 3 is 2.70 bits per heavy atom. The van der Waals surface area contributed by atoms with Crippen molar-refractivity contribution < 1.29 is 0 Å². The first-order chi connectivity index (χ1) is 11.2. The molecule has 1 aromatic carbocycles. The van der Waals surface area contributed by atoms with Crippen molar-refractivity contribution in [2.45, 2.75) is 26.2 Å². The third-order valence-corrected chi connectivity index (χ3v) is 5.90. The van der Waals surface area contributed by atoms with E-state index in [0.29, 0.717) is 0 Å². The number of anilines is 1. The Balaban J connectivity index is 1.89. The van der Waals surface area contributed by atoms with Gasteiger partial charge in [0, 0.05) is 20.6 Å². The molecule has 0 saturated carbocycles. The fourth-order valence-corrected chi connectivity index (χ4v) is 4.27. The third kappa shape index (κ3) is 2.92. The minimum absolute atomic E-state index is 1.02. The van der Waals surface area contributed by atoms with Gasteiger partial charge in [-0.15, -0.1) is 11.3 Å². The molecule has 2 aromatic heterocycles. The van der Waals surface area contributed by atoms with Crippen LogP contribution in [0.15, 0.2) is 36.4 Å². The van der Waals surface area contributed by atoms with E-state index in [1.54, 1.807) is 0 Å². The fourth-order valence-electron chi connectivity index (χ4n) is 3.03. The van der Waals surface area contributed by atoms with E-state index in [2.05, 4.69) is 75.9 Å². The molecular formula is C18H18IN3S. The summed E-state index contributed by atoms with van der Waals surface area (Å²) in [4.78, 5) is 2.60. The highest BCUT2D eigenvalue weighted by Gasteiger charge is 2.22. The van der Waals surface area contributed by atoms with Gasteiger partial charge in [-0.2, -0.15) is 5.10 Å². The summed E-state index contributed by atoms with van der Waals surface area (Å²) in [6.45, 7) is 3.17. The molecule has 4 rings (SSSR count). The van der Waals surface area contributed by atoms with Gasteiger partial charge in [0.15, 0.2) is 0 Å². The zero-order valence-electron chi connectivity index (χ0n) is 13.0. The number of fused-ring (bicyclic) bond motifs is 1. The largest absolute Gasteiger partial charge is 0.370 e. The van der Waals surface area contributed by atoms with Crippen molar-refractivity contribution in [2.75, 3.05) is 11.9 Å². The van der Waals surface area contributed by atoms with E-state index in [1.165, 1.54) is 37.5 Å². The number of aromatic nitrogens is 2. The van der Waals surface area contributed by atoms with Gasteiger partial charge in [0.05, 0.1) is 10.6 Å². The van der Waals surface area contributed by atoms with E-state index < -0.39 is 0 Å². The summed E-state index contributed by atoms with van der Waals surface area (Å²) in [7, 11) is 0. The molecule has 3 heterocycles. The van der Waals surface area contributed by atoms with Gasteiger partial charge in [-0.1, -0.05) is 0 Å². The highest BCUT2D eigenvalue weighted by atomic mass is 127. The minimum atomic E-state index is 1.02. The van der Waals surface area contributed by atoms with Gasteiger partial charge >= 0.3 is 0 Å². The second-order valence-electron chi connectivity index (χ2n) is 5.86. The Kier molecular flexibility index (Phi) is 4.15. The van der Waals surface area contributed by atoms with E-state index in [4.69, 9.17) is 5.10 Å². The zero-order chi connectivity index (χ0) is 15.8. The van der Waals surface area contributed by atoms with Crippen molar-refractivity contribution >= 4 is 39.7 Å². The third-order valence-electron chi connectivity index (χ3n) is 4.17. The maximum absolute atomic E-state index is 4.98. The first-order valence-corrected chi connectivity index (χ1v) is 9.80. The highest BCUT2D eigenvalue weighted by Crippen LogP contribution is 2.36. The maximum atomic E-state index is 4.98. The second-order valence-corrected chi connectivity index (χ2v) is 8.39. The number of nitrogens with one attached hydrogen (secondary N) is 1. The van der Waals surface area contributed by atoms with E-state index in [9.17, 15) is 0 Å². The van der Waals surface area contributed by atoms with Crippen LogP contribution in [-0.2, 0) is 6.42 Å². The molecular weight excluding hydrogens is 417 g/mol. The van der Waals surface area contributed by atoms with Crippen molar-refractivity contribution in [3.05, 3.63) is 50.4 Å². The molecule has 1 N–H and O–H groups in total. The van der Waals surface area contributed by atoms with Gasteiger partial charge in [0.25, 0.3) is 0 Å². The Morgan fingerprint density at radius 1 is 1.13 bits per heavy atom. The number of hydrogen-bond acceptors (Lipinski definition) is 3. The molecule has 118 valence electrons. The van der Waals surface area contributed by atoms with Gasteiger partial charge in [0.2, 0.25) is 0 Å². The molecule has 1 aliphatic heterocycles. The molecule has 0 spiro atoms. The maximum Gasteiger partial charge on any atom is 0.133 e. The SMILES string of the molecule is Cc1ccc(-c2nn(-c3ccc(I)cc3)c3c2CCCCN3)s1. The van der Waals surface area contributed by atoms with Crippen molar-refractivity contribution in [3.63, 3.8) is 0 Å². The zero-order valence-corrected chi connectivity index (χ0v) is 15.9. The molecule has 0 aliphatic carbocycles. The number of thiophene rings is 1. The van der Waals surface area contributed by atoms with Gasteiger partial charge < -0.3 is 5.32 Å². The predicted octanol–water partition coefficient (Wildman–Crippen LogP) is 5.26. The van der Waals surface area contributed by atoms with Gasteiger partial charge in [0.1, 0.15) is 11.5 Å². The van der Waals surface area contributed by atoms with Crippen molar-refractivity contribution in [3.8, 4) is 16.3 Å². The number of hydrogen-bond donors (Lipinski definition) is 1. The van der Waals surface area contributed by atoms with Crippen LogP contribution in [0.25, 0.3) is 16.3 Å². The summed E-state index contributed by atoms with van der Waals surface area (Å²) < 4.78 is 3.33.